The van der Waals surface area contributed by atoms with Crippen molar-refractivity contribution in [1.29, 1.82) is 0 Å². The Kier molecular flexibility index (Phi) is 5.09. The molecule has 1 aromatic carbocycles. The second-order valence-electron chi connectivity index (χ2n) is 5.28. The zero-order valence-electron chi connectivity index (χ0n) is 11.1. The minimum Gasteiger partial charge on any atom is -0.489 e. The Labute approximate surface area is 149 Å². The fraction of sp³-hybridized carbons (Fsp3) is 0.533. The Hall–Kier alpha value is 0.0916. The summed E-state index contributed by atoms with van der Waals surface area (Å²) in [5.74, 6) is 0.700. The van der Waals surface area contributed by atoms with Gasteiger partial charge in [0.2, 0.25) is 0 Å². The number of fused-ring (bicyclic) bond motifs is 3. The summed E-state index contributed by atoms with van der Waals surface area (Å²) in [6.45, 7) is 2.15. The molecule has 3 rings (SSSR count). The number of aliphatic hydroxyl groups is 1. The molecule has 0 bridgehead atoms. The number of carbonyl (C=O) groups excluding carboxylic acids is 1. The van der Waals surface area contributed by atoms with Gasteiger partial charge in [-0.15, -0.1) is 0 Å². The molecular weight excluding hydrogens is 455 g/mol. The van der Waals surface area contributed by atoms with E-state index in [0.29, 0.717) is 6.42 Å². The van der Waals surface area contributed by atoms with Crippen LogP contribution in [-0.4, -0.2) is 23.6 Å². The van der Waals surface area contributed by atoms with Crippen molar-refractivity contribution in [2.24, 2.45) is 5.92 Å². The Balaban J connectivity index is 0.00000133. The van der Waals surface area contributed by atoms with Crippen LogP contribution in [0.5, 0.6) is 5.75 Å². The fourth-order valence-corrected chi connectivity index (χ4v) is 3.36. The molecule has 4 heteroatoms. The van der Waals surface area contributed by atoms with E-state index in [0.717, 1.165) is 30.4 Å². The summed E-state index contributed by atoms with van der Waals surface area (Å²) in [6.07, 6.45) is 2.95. The van der Waals surface area contributed by atoms with Crippen molar-refractivity contribution >= 4 is 6.29 Å². The number of aliphatic hydroxyl groups excluding tert-OH is 1. The maximum absolute atomic E-state index is 11.2. The maximum atomic E-state index is 11.2. The third-order valence-corrected chi connectivity index (χ3v) is 4.17. The van der Waals surface area contributed by atoms with Crippen LogP contribution >= 0.6 is 0 Å². The van der Waals surface area contributed by atoms with Crippen molar-refractivity contribution in [3.05, 3.63) is 29.3 Å². The van der Waals surface area contributed by atoms with Crippen molar-refractivity contribution in [3.63, 3.8) is 0 Å². The Morgan fingerprint density at radius 2 is 2.26 bits per heavy atom. The molecule has 1 radical (unpaired) electrons. The standard InChI is InChI=1S/C15H18O3.Ac/c1-2-4-9-5-3-6-10-14-11(8-16)12(17)7-13(14)18-15(9)10;/h3,5-6,8,11-14,17H,2,4,7H2,1H3;/t11-,12+,13-,14+;/m0./s1. The Morgan fingerprint density at radius 1 is 1.47 bits per heavy atom. The van der Waals surface area contributed by atoms with Crippen LogP contribution < -0.4 is 4.74 Å². The first-order valence-corrected chi connectivity index (χ1v) is 6.68. The van der Waals surface area contributed by atoms with Gasteiger partial charge >= 0.3 is 0 Å². The van der Waals surface area contributed by atoms with E-state index in [9.17, 15) is 9.90 Å². The van der Waals surface area contributed by atoms with Gasteiger partial charge in [-0.1, -0.05) is 31.5 Å². The first-order valence-electron chi connectivity index (χ1n) is 6.68. The largest absolute Gasteiger partial charge is 0.489 e. The third-order valence-electron chi connectivity index (χ3n) is 4.17. The summed E-state index contributed by atoms with van der Waals surface area (Å²) >= 11 is 0. The van der Waals surface area contributed by atoms with Gasteiger partial charge in [0.25, 0.3) is 0 Å². The van der Waals surface area contributed by atoms with E-state index in [1.165, 1.54) is 5.56 Å². The molecule has 0 aromatic heterocycles. The molecule has 1 aliphatic heterocycles. The van der Waals surface area contributed by atoms with Crippen LogP contribution in [0.4, 0.5) is 0 Å². The number of ether oxygens (including phenoxy) is 1. The van der Waals surface area contributed by atoms with Crippen LogP contribution in [0.1, 0.15) is 36.8 Å². The maximum Gasteiger partial charge on any atom is 0.126 e. The predicted octanol–water partition coefficient (Wildman–Crippen LogP) is 2.06. The molecule has 1 aromatic rings. The molecule has 1 aliphatic carbocycles. The van der Waals surface area contributed by atoms with Crippen molar-refractivity contribution in [2.45, 2.75) is 44.3 Å². The van der Waals surface area contributed by atoms with Crippen molar-refractivity contribution in [3.8, 4) is 5.75 Å². The van der Waals surface area contributed by atoms with E-state index >= 15 is 0 Å². The predicted molar refractivity (Wildman–Crippen MR) is 67.8 cm³/mol. The molecule has 0 spiro atoms. The molecule has 0 unspecified atom stereocenters. The molecule has 0 saturated heterocycles. The van der Waals surface area contributed by atoms with Gasteiger partial charge in [0, 0.05) is 62.0 Å². The number of aryl methyl sites for hydroxylation is 1. The van der Waals surface area contributed by atoms with Gasteiger partial charge in [-0.3, -0.25) is 0 Å². The average Bonchev–Trinajstić information content (AvgIpc) is 2.85. The van der Waals surface area contributed by atoms with Crippen LogP contribution in [0.25, 0.3) is 0 Å². The van der Waals surface area contributed by atoms with E-state index in [1.54, 1.807) is 0 Å². The normalized spacial score (nSPS) is 31.1. The van der Waals surface area contributed by atoms with Crippen LogP contribution in [-0.2, 0) is 11.2 Å². The number of para-hydroxylation sites is 1. The molecule has 2 aliphatic rings. The molecular formula is C15H18AcO3. The molecule has 19 heavy (non-hydrogen) atoms. The van der Waals surface area contributed by atoms with Gasteiger partial charge in [-0.05, 0) is 12.0 Å². The van der Waals surface area contributed by atoms with Crippen LogP contribution in [0.2, 0.25) is 0 Å². The Morgan fingerprint density at radius 3 is 2.95 bits per heavy atom. The van der Waals surface area contributed by atoms with Crippen LogP contribution in [0.3, 0.4) is 0 Å². The minimum absolute atomic E-state index is 0. The van der Waals surface area contributed by atoms with E-state index in [4.69, 9.17) is 4.74 Å². The number of carbonyl (C=O) groups is 1. The monoisotopic (exact) mass is 473 g/mol. The van der Waals surface area contributed by atoms with Crippen LogP contribution in [0, 0.1) is 50.0 Å². The van der Waals surface area contributed by atoms with E-state index in [2.05, 4.69) is 13.0 Å². The third kappa shape index (κ3) is 2.52. The number of hydrogen-bond acceptors (Lipinski definition) is 3. The van der Waals surface area contributed by atoms with Gasteiger partial charge in [-0.2, -0.15) is 0 Å². The second kappa shape index (κ2) is 6.24. The minimum atomic E-state index is -0.555. The van der Waals surface area contributed by atoms with Gasteiger partial charge in [0.05, 0.1) is 12.0 Å². The SMILES string of the molecule is CCCc1cccc2c1O[C@H]1C[C@@H](O)[C@H](C=O)[C@@H]21.[Ac]. The summed E-state index contributed by atoms with van der Waals surface area (Å²) in [5.41, 5.74) is 2.34. The zero-order chi connectivity index (χ0) is 12.7. The molecule has 99 valence electrons. The quantitative estimate of drug-likeness (QED) is 0.685. The smallest absolute Gasteiger partial charge is 0.126 e. The molecule has 1 heterocycles. The Bertz CT molecular complexity index is 474. The molecule has 0 amide bonds. The zero-order valence-corrected chi connectivity index (χ0v) is 15.8. The van der Waals surface area contributed by atoms with E-state index in [1.807, 2.05) is 12.1 Å². The number of aldehydes is 1. The summed E-state index contributed by atoms with van der Waals surface area (Å²) in [6, 6.07) is 6.16. The van der Waals surface area contributed by atoms with E-state index < -0.39 is 6.10 Å². The number of hydrogen-bond donors (Lipinski definition) is 1. The molecule has 4 atom stereocenters. The van der Waals surface area contributed by atoms with Crippen molar-refractivity contribution in [1.82, 2.24) is 0 Å². The summed E-state index contributed by atoms with van der Waals surface area (Å²) in [4.78, 5) is 11.2. The summed E-state index contributed by atoms with van der Waals surface area (Å²) < 4.78 is 6.00. The number of benzene rings is 1. The second-order valence-corrected chi connectivity index (χ2v) is 5.28. The topological polar surface area (TPSA) is 46.5 Å². The van der Waals surface area contributed by atoms with Gasteiger partial charge in [0.1, 0.15) is 18.1 Å². The van der Waals surface area contributed by atoms with Gasteiger partial charge < -0.3 is 14.6 Å². The first kappa shape index (κ1) is 15.5. The molecule has 1 N–H and O–H groups in total. The number of rotatable bonds is 3. The fourth-order valence-electron chi connectivity index (χ4n) is 3.36. The van der Waals surface area contributed by atoms with Gasteiger partial charge in [-0.25, -0.2) is 0 Å². The first-order chi connectivity index (χ1) is 8.76. The molecule has 1 saturated carbocycles. The molecule has 1 fully saturated rings. The van der Waals surface area contributed by atoms with Crippen molar-refractivity contribution in [2.75, 3.05) is 0 Å². The summed E-state index contributed by atoms with van der Waals surface area (Å²) in [5, 5.41) is 9.88. The van der Waals surface area contributed by atoms with Crippen molar-refractivity contribution < 1.29 is 58.7 Å². The average molecular weight is 473 g/mol. The van der Waals surface area contributed by atoms with Gasteiger partial charge in [0.15, 0.2) is 0 Å². The van der Waals surface area contributed by atoms with E-state index in [-0.39, 0.29) is 62.0 Å². The van der Waals surface area contributed by atoms with Crippen LogP contribution in [0.15, 0.2) is 18.2 Å². The summed E-state index contributed by atoms with van der Waals surface area (Å²) in [7, 11) is 0. The molecule has 3 nitrogen and oxygen atoms in total.